The molecule has 0 amide bonds. The van der Waals surface area contributed by atoms with E-state index in [2.05, 4.69) is 9.97 Å². The van der Waals surface area contributed by atoms with E-state index >= 15 is 0 Å². The number of hydrogen-bond acceptors (Lipinski definition) is 2. The van der Waals surface area contributed by atoms with Crippen LogP contribution < -0.4 is 5.69 Å². The molecule has 0 aliphatic rings. The molecule has 2 aromatic rings. The molecule has 2 rings (SSSR count). The zero-order chi connectivity index (χ0) is 8.72. The first kappa shape index (κ1) is 7.36. The van der Waals surface area contributed by atoms with Crippen LogP contribution in [0.4, 0.5) is 0 Å². The van der Waals surface area contributed by atoms with Crippen molar-refractivity contribution in [3.8, 4) is 0 Å². The maximum absolute atomic E-state index is 11.3. The van der Waals surface area contributed by atoms with Gasteiger partial charge in [-0.05, 0) is 19.1 Å². The average molecular weight is 184 g/mol. The summed E-state index contributed by atoms with van der Waals surface area (Å²) in [6.45, 7) is 1.72. The summed E-state index contributed by atoms with van der Waals surface area (Å²) < 4.78 is 1.31. The number of rotatable bonds is 0. The van der Waals surface area contributed by atoms with Crippen LogP contribution in [0, 0.1) is 6.92 Å². The van der Waals surface area contributed by atoms with Crippen LogP contribution in [-0.2, 0) is 0 Å². The van der Waals surface area contributed by atoms with Crippen LogP contribution in [0.1, 0.15) is 5.82 Å². The first-order valence-corrected chi connectivity index (χ1v) is 3.80. The van der Waals surface area contributed by atoms with Gasteiger partial charge in [-0.25, -0.2) is 14.2 Å². The predicted molar refractivity (Wildman–Crippen MR) is 45.6 cm³/mol. The van der Waals surface area contributed by atoms with E-state index in [4.69, 9.17) is 11.6 Å². The number of hydrogen-bond donors (Lipinski definition) is 1. The van der Waals surface area contributed by atoms with Crippen LogP contribution in [0.15, 0.2) is 16.9 Å². The van der Waals surface area contributed by atoms with Gasteiger partial charge in [-0.2, -0.15) is 0 Å². The minimum absolute atomic E-state index is 0.257. The number of aromatic nitrogens is 3. The average Bonchev–Trinajstić information content (AvgIpc) is 2.31. The Morgan fingerprint density at radius 3 is 3.08 bits per heavy atom. The molecule has 0 radical (unpaired) electrons. The van der Waals surface area contributed by atoms with Crippen molar-refractivity contribution in [1.29, 1.82) is 0 Å². The van der Waals surface area contributed by atoms with Gasteiger partial charge in [0.05, 0.1) is 0 Å². The second-order valence-corrected chi connectivity index (χ2v) is 2.86. The summed E-state index contributed by atoms with van der Waals surface area (Å²) in [5, 5.41) is 0.374. The van der Waals surface area contributed by atoms with Crippen molar-refractivity contribution in [3.63, 3.8) is 0 Å². The fourth-order valence-corrected chi connectivity index (χ4v) is 1.33. The lowest BCUT2D eigenvalue weighted by atomic mass is 10.6. The van der Waals surface area contributed by atoms with E-state index in [1.54, 1.807) is 19.1 Å². The van der Waals surface area contributed by atoms with Gasteiger partial charge in [0.25, 0.3) is 0 Å². The van der Waals surface area contributed by atoms with Crippen LogP contribution in [-0.4, -0.2) is 14.4 Å². The van der Waals surface area contributed by atoms with Crippen molar-refractivity contribution in [2.24, 2.45) is 0 Å². The molecule has 0 aliphatic carbocycles. The topological polar surface area (TPSA) is 50.2 Å². The predicted octanol–water partition coefficient (Wildman–Crippen LogP) is 0.984. The largest absolute Gasteiger partial charge is 0.333 e. The van der Waals surface area contributed by atoms with Gasteiger partial charge in [-0.15, -0.1) is 0 Å². The lowest BCUT2D eigenvalue weighted by Crippen LogP contribution is -2.18. The molecule has 5 heteroatoms. The van der Waals surface area contributed by atoms with Gasteiger partial charge in [0, 0.05) is 0 Å². The number of aryl methyl sites for hydroxylation is 1. The summed E-state index contributed by atoms with van der Waals surface area (Å²) in [5.41, 5.74) is 0.314. The number of H-pyrrole nitrogens is 1. The minimum atomic E-state index is -0.257. The summed E-state index contributed by atoms with van der Waals surface area (Å²) in [6.07, 6.45) is 0. The molecule has 1 N–H and O–H groups in total. The fraction of sp³-hybridized carbons (Fsp3) is 0.143. The number of aromatic amines is 1. The summed E-state index contributed by atoms with van der Waals surface area (Å²) in [5.74, 6) is 0.585. The number of nitrogens with one attached hydrogen (secondary N) is 1. The first-order valence-electron chi connectivity index (χ1n) is 3.42. The first-order chi connectivity index (χ1) is 5.68. The highest BCUT2D eigenvalue weighted by Crippen LogP contribution is 2.09. The minimum Gasteiger partial charge on any atom is -0.295 e. The van der Waals surface area contributed by atoms with Crippen LogP contribution in [0.5, 0.6) is 0 Å². The molecule has 0 atom stereocenters. The van der Waals surface area contributed by atoms with E-state index < -0.39 is 0 Å². The third kappa shape index (κ3) is 0.921. The monoisotopic (exact) mass is 183 g/mol. The Labute approximate surface area is 72.8 Å². The summed E-state index contributed by atoms with van der Waals surface area (Å²) in [7, 11) is 0. The number of fused-ring (bicyclic) bond motifs is 1. The third-order valence-corrected chi connectivity index (χ3v) is 1.88. The molecular weight excluding hydrogens is 178 g/mol. The van der Waals surface area contributed by atoms with Gasteiger partial charge in [0.2, 0.25) is 0 Å². The van der Waals surface area contributed by atoms with Crippen LogP contribution in [0.2, 0.25) is 5.15 Å². The summed E-state index contributed by atoms with van der Waals surface area (Å²) in [6, 6.07) is 3.34. The Morgan fingerprint density at radius 2 is 2.33 bits per heavy atom. The molecule has 0 unspecified atom stereocenters. The quantitative estimate of drug-likeness (QED) is 0.662. The highest BCUT2D eigenvalue weighted by molar-refractivity contribution is 6.29. The Morgan fingerprint density at radius 1 is 1.58 bits per heavy atom. The Bertz CT molecular complexity index is 485. The second-order valence-electron chi connectivity index (χ2n) is 2.48. The lowest BCUT2D eigenvalue weighted by molar-refractivity contribution is 0.912. The van der Waals surface area contributed by atoms with Gasteiger partial charge in [0.1, 0.15) is 16.6 Å². The zero-order valence-corrected chi connectivity index (χ0v) is 7.09. The molecule has 4 nitrogen and oxygen atoms in total. The van der Waals surface area contributed by atoms with Crippen molar-refractivity contribution < 1.29 is 0 Å². The molecule has 2 aromatic heterocycles. The smallest absolute Gasteiger partial charge is 0.295 e. The molecule has 0 bridgehead atoms. The maximum atomic E-state index is 11.3. The van der Waals surface area contributed by atoms with Crippen LogP contribution >= 0.6 is 11.6 Å². The fourth-order valence-electron chi connectivity index (χ4n) is 1.10. The van der Waals surface area contributed by atoms with E-state index in [9.17, 15) is 4.79 Å². The van der Waals surface area contributed by atoms with E-state index in [1.165, 1.54) is 4.40 Å². The Balaban J connectivity index is 3.03. The maximum Gasteiger partial charge on any atom is 0.333 e. The normalized spacial score (nSPS) is 10.8. The molecule has 0 saturated heterocycles. The molecule has 2 heterocycles. The van der Waals surface area contributed by atoms with Crippen LogP contribution in [0.3, 0.4) is 0 Å². The van der Waals surface area contributed by atoms with E-state index in [0.717, 1.165) is 0 Å². The molecule has 0 fully saturated rings. The van der Waals surface area contributed by atoms with Gasteiger partial charge < -0.3 is 0 Å². The number of nitrogens with zero attached hydrogens (tertiary/aromatic N) is 2. The van der Waals surface area contributed by atoms with Crippen molar-refractivity contribution in [2.75, 3.05) is 0 Å². The summed E-state index contributed by atoms with van der Waals surface area (Å²) >= 11 is 5.73. The highest BCUT2D eigenvalue weighted by Gasteiger charge is 2.03. The van der Waals surface area contributed by atoms with Gasteiger partial charge in [0.15, 0.2) is 0 Å². The second kappa shape index (κ2) is 2.35. The van der Waals surface area contributed by atoms with E-state index in [-0.39, 0.29) is 5.69 Å². The molecule has 0 saturated carbocycles. The summed E-state index contributed by atoms with van der Waals surface area (Å²) in [4.78, 5) is 17.9. The highest BCUT2D eigenvalue weighted by atomic mass is 35.5. The number of halogens is 1. The van der Waals surface area contributed by atoms with Crippen molar-refractivity contribution >= 4 is 17.2 Å². The van der Waals surface area contributed by atoms with Crippen LogP contribution in [0.25, 0.3) is 5.65 Å². The lowest BCUT2D eigenvalue weighted by Gasteiger charge is -1.95. The molecular formula is C7H6ClN3O. The molecule has 0 spiro atoms. The van der Waals surface area contributed by atoms with Gasteiger partial charge in [-0.3, -0.25) is 4.98 Å². The van der Waals surface area contributed by atoms with Crippen molar-refractivity contribution in [1.82, 2.24) is 14.4 Å². The SMILES string of the molecule is Cc1nc2ccc(Cl)n2c(=O)[nH]1. The zero-order valence-electron chi connectivity index (χ0n) is 6.34. The molecule has 62 valence electrons. The van der Waals surface area contributed by atoms with E-state index in [0.29, 0.717) is 16.6 Å². The van der Waals surface area contributed by atoms with Crippen molar-refractivity contribution in [2.45, 2.75) is 6.92 Å². The molecule has 0 aliphatic heterocycles. The molecule has 12 heavy (non-hydrogen) atoms. The van der Waals surface area contributed by atoms with Gasteiger partial charge in [-0.1, -0.05) is 11.6 Å². The van der Waals surface area contributed by atoms with E-state index in [1.807, 2.05) is 0 Å². The van der Waals surface area contributed by atoms with Crippen molar-refractivity contribution in [3.05, 3.63) is 33.6 Å². The van der Waals surface area contributed by atoms with Gasteiger partial charge >= 0.3 is 5.69 Å². The standard InChI is InChI=1S/C7H6ClN3O/c1-4-9-6-3-2-5(8)11(6)7(12)10-4/h2-3H,1H3,(H,9,10,12). The Hall–Kier alpha value is -1.29. The molecule has 0 aromatic carbocycles. The third-order valence-electron chi connectivity index (χ3n) is 1.59. The Kier molecular flexibility index (Phi) is 1.44.